The quantitative estimate of drug-likeness (QED) is 0.825. The Morgan fingerprint density at radius 3 is 2.82 bits per heavy atom. The molecule has 4 heteroatoms. The lowest BCUT2D eigenvalue weighted by Crippen LogP contribution is -2.02. The van der Waals surface area contributed by atoms with Crippen LogP contribution >= 0.6 is 11.8 Å². The molecular weight excluding hydrogens is 230 g/mol. The third-order valence-electron chi connectivity index (χ3n) is 2.53. The van der Waals surface area contributed by atoms with Crippen LogP contribution in [0, 0.1) is 0 Å². The van der Waals surface area contributed by atoms with E-state index < -0.39 is 0 Å². The summed E-state index contributed by atoms with van der Waals surface area (Å²) in [4.78, 5) is 8.59. The number of rotatable bonds is 5. The van der Waals surface area contributed by atoms with E-state index in [-0.39, 0.29) is 0 Å². The molecule has 0 aliphatic carbocycles. The van der Waals surface area contributed by atoms with Gasteiger partial charge in [-0.2, -0.15) is 11.8 Å². The van der Waals surface area contributed by atoms with Crippen molar-refractivity contribution in [1.82, 2.24) is 9.97 Å². The van der Waals surface area contributed by atoms with Gasteiger partial charge >= 0.3 is 0 Å². The molecule has 17 heavy (non-hydrogen) atoms. The average molecular weight is 247 g/mol. The van der Waals surface area contributed by atoms with Crippen molar-refractivity contribution in [2.45, 2.75) is 19.8 Å². The van der Waals surface area contributed by atoms with Gasteiger partial charge in [-0.1, -0.05) is 25.1 Å². The predicted octanol–water partition coefficient (Wildman–Crippen LogP) is 2.90. The molecule has 0 unspecified atom stereocenters. The highest BCUT2D eigenvalue weighted by Crippen LogP contribution is 2.18. The number of nitrogens with zero attached hydrogens (tertiary/aromatic N) is 2. The number of benzene rings is 1. The van der Waals surface area contributed by atoms with Gasteiger partial charge in [-0.3, -0.25) is 0 Å². The number of para-hydroxylation sites is 1. The van der Waals surface area contributed by atoms with Gasteiger partial charge in [-0.15, -0.1) is 0 Å². The lowest BCUT2D eigenvalue weighted by atomic mass is 10.1. The smallest absolute Gasteiger partial charge is 0.220 e. The molecule has 0 bridgehead atoms. The van der Waals surface area contributed by atoms with Crippen LogP contribution in [0.2, 0.25) is 0 Å². The first-order valence-electron chi connectivity index (χ1n) is 5.90. The fourth-order valence-corrected chi connectivity index (χ4v) is 2.60. The summed E-state index contributed by atoms with van der Waals surface area (Å²) in [5, 5.41) is 1.12. The maximum Gasteiger partial charge on any atom is 0.220 e. The Bertz CT molecular complexity index is 499. The van der Waals surface area contributed by atoms with E-state index in [1.807, 2.05) is 30.0 Å². The second kappa shape index (κ2) is 5.87. The third kappa shape index (κ3) is 3.09. The van der Waals surface area contributed by atoms with Crippen molar-refractivity contribution in [2.24, 2.45) is 0 Å². The number of hydrogen-bond donors (Lipinski definition) is 1. The molecular formula is C13H17N3S. The highest BCUT2D eigenvalue weighted by Gasteiger charge is 2.05. The Morgan fingerprint density at radius 2 is 2.00 bits per heavy atom. The SMILES string of the molecule is CCCSCCc1nc(N)nc2ccccc12. The van der Waals surface area contributed by atoms with Gasteiger partial charge in [0, 0.05) is 5.39 Å². The molecule has 0 amide bonds. The van der Waals surface area contributed by atoms with E-state index in [0.717, 1.165) is 28.8 Å². The Balaban J connectivity index is 2.20. The average Bonchev–Trinajstić information content (AvgIpc) is 2.34. The zero-order chi connectivity index (χ0) is 12.1. The molecule has 2 N–H and O–H groups in total. The molecule has 0 atom stereocenters. The van der Waals surface area contributed by atoms with E-state index in [9.17, 15) is 0 Å². The van der Waals surface area contributed by atoms with Gasteiger partial charge in [0.2, 0.25) is 5.95 Å². The van der Waals surface area contributed by atoms with Crippen molar-refractivity contribution in [3.63, 3.8) is 0 Å². The molecule has 0 aliphatic rings. The molecule has 0 saturated heterocycles. The fraction of sp³-hybridized carbons (Fsp3) is 0.385. The Kier molecular flexibility index (Phi) is 4.20. The number of anilines is 1. The predicted molar refractivity (Wildman–Crippen MR) is 75.3 cm³/mol. The highest BCUT2D eigenvalue weighted by molar-refractivity contribution is 7.99. The molecule has 3 nitrogen and oxygen atoms in total. The van der Waals surface area contributed by atoms with Crippen molar-refractivity contribution in [1.29, 1.82) is 0 Å². The minimum Gasteiger partial charge on any atom is -0.368 e. The molecule has 0 radical (unpaired) electrons. The lowest BCUT2D eigenvalue weighted by Gasteiger charge is -2.06. The minimum atomic E-state index is 0.374. The lowest BCUT2D eigenvalue weighted by molar-refractivity contribution is 1.04. The topological polar surface area (TPSA) is 51.8 Å². The third-order valence-corrected chi connectivity index (χ3v) is 3.72. The second-order valence-electron chi connectivity index (χ2n) is 3.91. The van der Waals surface area contributed by atoms with Crippen LogP contribution in [0.15, 0.2) is 24.3 Å². The van der Waals surface area contributed by atoms with Crippen LogP contribution in [-0.4, -0.2) is 21.5 Å². The van der Waals surface area contributed by atoms with E-state index in [1.165, 1.54) is 12.2 Å². The van der Waals surface area contributed by atoms with Crippen LogP contribution in [0.25, 0.3) is 10.9 Å². The van der Waals surface area contributed by atoms with Crippen LogP contribution in [0.4, 0.5) is 5.95 Å². The summed E-state index contributed by atoms with van der Waals surface area (Å²) in [7, 11) is 0. The number of nitrogens with two attached hydrogens (primary N) is 1. The van der Waals surface area contributed by atoms with Gasteiger partial charge in [0.15, 0.2) is 0 Å². The summed E-state index contributed by atoms with van der Waals surface area (Å²) in [5.74, 6) is 2.67. The molecule has 1 heterocycles. The highest BCUT2D eigenvalue weighted by atomic mass is 32.2. The summed E-state index contributed by atoms with van der Waals surface area (Å²) in [6.45, 7) is 2.20. The Labute approximate surface area is 106 Å². The van der Waals surface area contributed by atoms with Gasteiger partial charge in [0.25, 0.3) is 0 Å². The van der Waals surface area contributed by atoms with Gasteiger partial charge in [-0.25, -0.2) is 9.97 Å². The first-order chi connectivity index (χ1) is 8.31. The largest absolute Gasteiger partial charge is 0.368 e. The molecule has 0 saturated carbocycles. The van der Waals surface area contributed by atoms with E-state index >= 15 is 0 Å². The van der Waals surface area contributed by atoms with Crippen molar-refractivity contribution >= 4 is 28.6 Å². The Morgan fingerprint density at radius 1 is 1.18 bits per heavy atom. The maximum atomic E-state index is 5.73. The van der Waals surface area contributed by atoms with Crippen LogP contribution in [-0.2, 0) is 6.42 Å². The second-order valence-corrected chi connectivity index (χ2v) is 5.13. The molecule has 2 aromatic rings. The fourth-order valence-electron chi connectivity index (χ4n) is 1.77. The number of thioether (sulfide) groups is 1. The number of nitrogen functional groups attached to an aromatic ring is 1. The molecule has 90 valence electrons. The van der Waals surface area contributed by atoms with E-state index in [1.54, 1.807) is 0 Å². The van der Waals surface area contributed by atoms with Crippen molar-refractivity contribution in [3.05, 3.63) is 30.0 Å². The molecule has 0 spiro atoms. The van der Waals surface area contributed by atoms with Gasteiger partial charge in [-0.05, 0) is 30.4 Å². The molecule has 1 aromatic carbocycles. The van der Waals surface area contributed by atoms with Crippen LogP contribution in [0.5, 0.6) is 0 Å². The maximum absolute atomic E-state index is 5.73. The number of aryl methyl sites for hydroxylation is 1. The standard InChI is InChI=1S/C13H17N3S/c1-2-8-17-9-7-12-10-5-3-4-6-11(10)15-13(14)16-12/h3-6H,2,7-9H2,1H3,(H2,14,15,16). The summed E-state index contributed by atoms with van der Waals surface area (Å²) in [6.07, 6.45) is 2.18. The first-order valence-corrected chi connectivity index (χ1v) is 7.05. The molecule has 0 fully saturated rings. The van der Waals surface area contributed by atoms with Gasteiger partial charge < -0.3 is 5.73 Å². The van der Waals surface area contributed by atoms with E-state index in [0.29, 0.717) is 5.95 Å². The van der Waals surface area contributed by atoms with E-state index in [4.69, 9.17) is 5.73 Å². The normalized spacial score (nSPS) is 10.9. The number of hydrogen-bond acceptors (Lipinski definition) is 4. The molecule has 0 aliphatic heterocycles. The summed E-state index contributed by atoms with van der Waals surface area (Å²) in [6, 6.07) is 8.04. The van der Waals surface area contributed by atoms with Crippen molar-refractivity contribution in [3.8, 4) is 0 Å². The zero-order valence-corrected chi connectivity index (χ0v) is 10.8. The van der Waals surface area contributed by atoms with Crippen LogP contribution in [0.3, 0.4) is 0 Å². The van der Waals surface area contributed by atoms with Crippen LogP contribution in [0.1, 0.15) is 19.0 Å². The van der Waals surface area contributed by atoms with E-state index in [2.05, 4.69) is 23.0 Å². The summed E-state index contributed by atoms with van der Waals surface area (Å²) >= 11 is 1.96. The Hall–Kier alpha value is -1.29. The molecule has 1 aromatic heterocycles. The van der Waals surface area contributed by atoms with Gasteiger partial charge in [0.05, 0.1) is 11.2 Å². The van der Waals surface area contributed by atoms with Crippen LogP contribution < -0.4 is 5.73 Å². The molecule has 2 rings (SSSR count). The van der Waals surface area contributed by atoms with Crippen molar-refractivity contribution < 1.29 is 0 Å². The first kappa shape index (κ1) is 12.2. The van der Waals surface area contributed by atoms with Crippen molar-refractivity contribution in [2.75, 3.05) is 17.2 Å². The van der Waals surface area contributed by atoms with Gasteiger partial charge in [0.1, 0.15) is 0 Å². The zero-order valence-electron chi connectivity index (χ0n) is 10.0. The minimum absolute atomic E-state index is 0.374. The number of fused-ring (bicyclic) bond motifs is 1. The summed E-state index contributed by atoms with van der Waals surface area (Å²) in [5.41, 5.74) is 7.73. The summed E-state index contributed by atoms with van der Waals surface area (Å²) < 4.78 is 0. The monoisotopic (exact) mass is 247 g/mol. The number of aromatic nitrogens is 2.